The van der Waals surface area contributed by atoms with Gasteiger partial charge in [-0.05, 0) is 127 Å². The summed E-state index contributed by atoms with van der Waals surface area (Å²) in [4.78, 5) is 8.17. The predicted octanol–water partition coefficient (Wildman–Crippen LogP) is 18.3. The molecule has 0 amide bonds. The zero-order chi connectivity index (χ0) is 46.5. The van der Waals surface area contributed by atoms with Crippen LogP contribution in [-0.4, -0.2) is 11.1 Å². The van der Waals surface area contributed by atoms with Gasteiger partial charge in [0.15, 0.2) is 0 Å². The van der Waals surface area contributed by atoms with Crippen LogP contribution in [0.1, 0.15) is 143 Å². The zero-order valence-corrected chi connectivity index (χ0v) is 42.3. The number of thiophene rings is 1. The number of hydrogen-bond acceptors (Lipinski definition) is 5. The number of benzene rings is 6. The van der Waals surface area contributed by atoms with Crippen molar-refractivity contribution < 1.29 is 4.42 Å². The highest BCUT2D eigenvalue weighted by atomic mass is 32.1. The van der Waals surface area contributed by atoms with E-state index in [2.05, 4.69) is 211 Å². The summed E-state index contributed by atoms with van der Waals surface area (Å²) in [5.74, 6) is 0. The minimum absolute atomic E-state index is 0.00882. The smallest absolute Gasteiger partial charge is 0.137 e. The largest absolute Gasteiger partial charge is 0.456 e. The van der Waals surface area contributed by atoms with Gasteiger partial charge in [0.2, 0.25) is 0 Å². The number of nitrogens with zero attached hydrogens (tertiary/aromatic N) is 3. The summed E-state index contributed by atoms with van der Waals surface area (Å²) in [5, 5.41) is 5.92. The molecule has 2 saturated carbocycles. The van der Waals surface area contributed by atoms with Gasteiger partial charge >= 0.3 is 0 Å². The lowest BCUT2D eigenvalue weighted by atomic mass is 9.61. The maximum atomic E-state index is 6.67. The standard InChI is InChI=1S/C62H67N3OS/c1-57(2,3)40-23-27-51-49(33-40)59(7)29-15-17-31-61(59,9)64(51)44-35-43(36-45(37-44)65-52-28-24-41(58(4,5)6)34-50(52)60(8)30-16-18-32-62(60,65)10)63(53-39-67-56-22-14-12-20-48(53)56)42-25-26-47-46-19-11-13-21-54(46)66-55(47)38-42/h11-14,19-28,33-39H,15-18,29-32H2,1-10H3. The van der Waals surface area contributed by atoms with Crippen LogP contribution in [-0.2, 0) is 21.7 Å². The van der Waals surface area contributed by atoms with Crippen LogP contribution in [0, 0.1) is 0 Å². The lowest BCUT2D eigenvalue weighted by Crippen LogP contribution is -2.55. The van der Waals surface area contributed by atoms with Crippen LogP contribution in [0.4, 0.5) is 39.8 Å². The van der Waals surface area contributed by atoms with Crippen molar-refractivity contribution in [2.75, 3.05) is 14.7 Å². The summed E-state index contributed by atoms with van der Waals surface area (Å²) >= 11 is 1.83. The molecule has 67 heavy (non-hydrogen) atoms. The van der Waals surface area contributed by atoms with Crippen LogP contribution in [0.25, 0.3) is 32.0 Å². The molecule has 2 aliphatic carbocycles. The quantitative estimate of drug-likeness (QED) is 0.172. The third-order valence-electron chi connectivity index (χ3n) is 17.9. The molecular formula is C62H67N3OS. The zero-order valence-electron chi connectivity index (χ0n) is 41.4. The van der Waals surface area contributed by atoms with Crippen molar-refractivity contribution in [2.24, 2.45) is 0 Å². The molecule has 12 rings (SSSR count). The van der Waals surface area contributed by atoms with Gasteiger partial charge in [-0.15, -0.1) is 11.3 Å². The predicted molar refractivity (Wildman–Crippen MR) is 287 cm³/mol. The highest BCUT2D eigenvalue weighted by Gasteiger charge is 2.60. The molecule has 4 heterocycles. The second-order valence-corrected chi connectivity index (χ2v) is 24.6. The second kappa shape index (κ2) is 14.5. The van der Waals surface area contributed by atoms with Crippen LogP contribution >= 0.6 is 11.3 Å². The van der Waals surface area contributed by atoms with E-state index in [-0.39, 0.29) is 32.7 Å². The van der Waals surface area contributed by atoms with Crippen LogP contribution < -0.4 is 14.7 Å². The van der Waals surface area contributed by atoms with Crippen molar-refractivity contribution in [1.29, 1.82) is 0 Å². The fourth-order valence-electron chi connectivity index (χ4n) is 13.6. The van der Waals surface area contributed by atoms with Crippen LogP contribution in [0.5, 0.6) is 0 Å². The molecule has 4 atom stereocenters. The third kappa shape index (κ3) is 6.08. The van der Waals surface area contributed by atoms with E-state index in [1.807, 2.05) is 11.3 Å². The first-order valence-electron chi connectivity index (χ1n) is 25.2. The summed E-state index contributed by atoms with van der Waals surface area (Å²) in [6, 6.07) is 46.9. The highest BCUT2D eigenvalue weighted by molar-refractivity contribution is 7.17. The minimum Gasteiger partial charge on any atom is -0.456 e. The number of anilines is 7. The van der Waals surface area contributed by atoms with E-state index in [1.165, 1.54) is 99.3 Å². The van der Waals surface area contributed by atoms with E-state index in [0.717, 1.165) is 46.2 Å². The Morgan fingerprint density at radius 3 is 1.61 bits per heavy atom. The molecule has 2 aliphatic heterocycles. The molecule has 6 aromatic carbocycles. The third-order valence-corrected chi connectivity index (χ3v) is 18.9. The highest BCUT2D eigenvalue weighted by Crippen LogP contribution is 2.65. The van der Waals surface area contributed by atoms with E-state index < -0.39 is 0 Å². The first kappa shape index (κ1) is 42.8. The Morgan fingerprint density at radius 2 is 1.03 bits per heavy atom. The molecule has 2 fully saturated rings. The molecule has 0 radical (unpaired) electrons. The summed E-state index contributed by atoms with van der Waals surface area (Å²) in [6.07, 6.45) is 9.62. The molecular weight excluding hydrogens is 835 g/mol. The molecule has 2 aromatic heterocycles. The van der Waals surface area contributed by atoms with E-state index in [0.29, 0.717) is 0 Å². The molecule has 4 aliphatic rings. The molecule has 8 aromatic rings. The molecule has 4 nitrogen and oxygen atoms in total. The Labute approximate surface area is 402 Å². The number of fused-ring (bicyclic) bond motifs is 10. The van der Waals surface area contributed by atoms with Gasteiger partial charge in [0.1, 0.15) is 11.2 Å². The van der Waals surface area contributed by atoms with Gasteiger partial charge in [-0.25, -0.2) is 0 Å². The SMILES string of the molecule is CC(C)(C)c1ccc2c(c1)C1(C)CCCCC1(C)N2c1cc(N(c2ccc3c(c2)oc2ccccc23)c2csc3ccccc23)cc(N2c3ccc(C(C)(C)C)cc3C3(C)CCCCC23C)c1. The lowest BCUT2D eigenvalue weighted by molar-refractivity contribution is 0.194. The van der Waals surface area contributed by atoms with Gasteiger partial charge in [-0.2, -0.15) is 0 Å². The van der Waals surface area contributed by atoms with Gasteiger partial charge < -0.3 is 19.1 Å². The monoisotopic (exact) mass is 902 g/mol. The molecule has 0 spiro atoms. The van der Waals surface area contributed by atoms with E-state index in [4.69, 9.17) is 4.42 Å². The number of hydrogen-bond donors (Lipinski definition) is 0. The van der Waals surface area contributed by atoms with E-state index in [9.17, 15) is 0 Å². The maximum absolute atomic E-state index is 6.67. The average Bonchev–Trinajstić information content (AvgIpc) is 4.00. The van der Waals surface area contributed by atoms with Crippen LogP contribution in [0.15, 0.2) is 131 Å². The number of rotatable bonds is 5. The average molecular weight is 902 g/mol. The lowest BCUT2D eigenvalue weighted by Gasteiger charge is -2.51. The fourth-order valence-corrected chi connectivity index (χ4v) is 14.5. The van der Waals surface area contributed by atoms with Crippen molar-refractivity contribution in [1.82, 2.24) is 0 Å². The Balaban J connectivity index is 1.16. The summed E-state index contributed by atoms with van der Waals surface area (Å²) in [6.45, 7) is 24.5. The first-order chi connectivity index (χ1) is 31.9. The molecule has 0 bridgehead atoms. The summed E-state index contributed by atoms with van der Waals surface area (Å²) < 4.78 is 7.95. The van der Waals surface area contributed by atoms with Crippen LogP contribution in [0.3, 0.4) is 0 Å². The van der Waals surface area contributed by atoms with Crippen molar-refractivity contribution >= 4 is 83.2 Å². The topological polar surface area (TPSA) is 22.9 Å². The molecule has 342 valence electrons. The maximum Gasteiger partial charge on any atom is 0.137 e. The van der Waals surface area contributed by atoms with E-state index >= 15 is 0 Å². The second-order valence-electron chi connectivity index (χ2n) is 23.7. The van der Waals surface area contributed by atoms with Crippen molar-refractivity contribution in [2.45, 2.75) is 153 Å². The Kier molecular flexibility index (Phi) is 9.26. The van der Waals surface area contributed by atoms with Gasteiger partial charge in [-0.1, -0.05) is 142 Å². The summed E-state index contributed by atoms with van der Waals surface area (Å²) in [7, 11) is 0. The molecule has 0 saturated heterocycles. The first-order valence-corrected chi connectivity index (χ1v) is 26.0. The Hall–Kier alpha value is -5.52. The van der Waals surface area contributed by atoms with E-state index in [1.54, 1.807) is 0 Å². The molecule has 5 heteroatoms. The molecule has 0 N–H and O–H groups in total. The van der Waals surface area contributed by atoms with Gasteiger partial charge in [0, 0.05) is 71.6 Å². The number of furan rings is 1. The van der Waals surface area contributed by atoms with Crippen molar-refractivity contribution in [3.05, 3.63) is 149 Å². The fraction of sp³-hybridized carbons (Fsp3) is 0.387. The minimum atomic E-state index is -0.124. The van der Waals surface area contributed by atoms with Crippen molar-refractivity contribution in [3.63, 3.8) is 0 Å². The van der Waals surface area contributed by atoms with Crippen LogP contribution in [0.2, 0.25) is 0 Å². The van der Waals surface area contributed by atoms with Crippen molar-refractivity contribution in [3.8, 4) is 0 Å². The Morgan fingerprint density at radius 1 is 0.507 bits per heavy atom. The van der Waals surface area contributed by atoms with Gasteiger partial charge in [0.05, 0.1) is 22.5 Å². The molecule has 4 unspecified atom stereocenters. The van der Waals surface area contributed by atoms with Gasteiger partial charge in [0.25, 0.3) is 0 Å². The summed E-state index contributed by atoms with van der Waals surface area (Å²) in [5.41, 5.74) is 16.2. The normalized spacial score (nSPS) is 24.9. The van der Waals surface area contributed by atoms with Gasteiger partial charge in [-0.3, -0.25) is 0 Å². The number of para-hydroxylation sites is 1. The Bertz CT molecular complexity index is 3170.